The number of carbonyl (C=O) groups is 1. The summed E-state index contributed by atoms with van der Waals surface area (Å²) < 4.78 is 36.5. The Kier molecular flexibility index (Phi) is 23.9. The molecule has 3 N–H and O–H groups in total. The molecule has 0 saturated heterocycles. The molecule has 2 aliphatic carbocycles. The molecule has 2 atom stereocenters. The van der Waals surface area contributed by atoms with Gasteiger partial charge in [-0.05, 0) is 99.0 Å². The average molecular weight is 783 g/mol. The number of nitrogens with zero attached hydrogens (tertiary/aromatic N) is 1. The van der Waals surface area contributed by atoms with Gasteiger partial charge in [-0.25, -0.2) is 17.9 Å². The lowest BCUT2D eigenvalue weighted by atomic mass is 10.0. The van der Waals surface area contributed by atoms with Gasteiger partial charge in [-0.2, -0.15) is 0 Å². The summed E-state index contributed by atoms with van der Waals surface area (Å²) in [5.74, 6) is 0.350. The van der Waals surface area contributed by atoms with Gasteiger partial charge in [0.05, 0.1) is 17.4 Å². The number of hydrogen-bond acceptors (Lipinski definition) is 5. The fourth-order valence-corrected chi connectivity index (χ4v) is 6.99. The second kappa shape index (κ2) is 26.8. The van der Waals surface area contributed by atoms with E-state index >= 15 is 0 Å². The minimum atomic E-state index is -3.85. The van der Waals surface area contributed by atoms with Gasteiger partial charge in [-0.15, -0.1) is 0 Å². The molecule has 298 valence electrons. The van der Waals surface area contributed by atoms with E-state index in [0.29, 0.717) is 53.8 Å². The Morgan fingerprint density at radius 1 is 1.07 bits per heavy atom. The van der Waals surface area contributed by atoms with Crippen molar-refractivity contribution in [3.63, 3.8) is 0 Å². The second-order valence-electron chi connectivity index (χ2n) is 12.8. The zero-order chi connectivity index (χ0) is 40.5. The van der Waals surface area contributed by atoms with Crippen molar-refractivity contribution in [3.05, 3.63) is 130 Å². The predicted molar refractivity (Wildman–Crippen MR) is 229 cm³/mol. The van der Waals surface area contributed by atoms with Crippen molar-refractivity contribution >= 4 is 33.4 Å². The van der Waals surface area contributed by atoms with Crippen LogP contribution in [0.2, 0.25) is 0 Å². The molecule has 54 heavy (non-hydrogen) atoms. The van der Waals surface area contributed by atoms with E-state index in [0.717, 1.165) is 36.8 Å². The predicted octanol–water partition coefficient (Wildman–Crippen LogP) is 11.3. The van der Waals surface area contributed by atoms with Crippen LogP contribution in [0.4, 0.5) is 0 Å². The van der Waals surface area contributed by atoms with E-state index in [1.54, 1.807) is 12.2 Å². The second-order valence-corrected chi connectivity index (χ2v) is 14.9. The van der Waals surface area contributed by atoms with Crippen molar-refractivity contribution < 1.29 is 23.1 Å². The first-order valence-electron chi connectivity index (χ1n) is 19.3. The van der Waals surface area contributed by atoms with E-state index in [1.165, 1.54) is 6.08 Å². The quantitative estimate of drug-likeness (QED) is 0.0606. The van der Waals surface area contributed by atoms with E-state index < -0.39 is 22.0 Å². The highest BCUT2D eigenvalue weighted by molar-refractivity contribution is 7.89. The molecule has 2 aliphatic rings. The Balaban J connectivity index is 0.00000716. The summed E-state index contributed by atoms with van der Waals surface area (Å²) in [4.78, 5) is 13.2. The van der Waals surface area contributed by atoms with Crippen molar-refractivity contribution in [2.24, 2.45) is 5.92 Å². The number of aliphatic carboxylic acids is 1. The van der Waals surface area contributed by atoms with Crippen LogP contribution in [0.25, 0.3) is 0 Å². The maximum Gasteiger partial charge on any atom is 0.335 e. The van der Waals surface area contributed by atoms with Crippen LogP contribution in [-0.4, -0.2) is 48.6 Å². The third kappa shape index (κ3) is 18.4. The molecule has 0 bridgehead atoms. The Morgan fingerprint density at radius 2 is 1.81 bits per heavy atom. The Bertz CT molecular complexity index is 1690. The highest BCUT2D eigenvalue weighted by atomic mass is 35.5. The molecule has 0 saturated carbocycles. The topological polar surface area (TPSA) is 120 Å². The number of rotatable bonds is 21. The normalized spacial score (nSPS) is 16.7. The van der Waals surface area contributed by atoms with Crippen molar-refractivity contribution in [2.75, 3.05) is 12.3 Å². The van der Waals surface area contributed by atoms with E-state index in [1.807, 2.05) is 113 Å². The zero-order valence-electron chi connectivity index (χ0n) is 33.7. The first-order valence-corrected chi connectivity index (χ1v) is 21.4. The number of carboxylic acids is 1. The first-order chi connectivity index (χ1) is 25.9. The molecule has 0 aromatic carbocycles. The maximum absolute atomic E-state index is 13.8. The molecular weight excluding hydrogens is 718 g/mol. The molecular formula is C44H64ClN3O5S. The summed E-state index contributed by atoms with van der Waals surface area (Å²) in [5.41, 5.74) is 2.65. The van der Waals surface area contributed by atoms with Gasteiger partial charge in [-0.3, -0.25) is 5.41 Å². The fraction of sp³-hybridized carbons (Fsp3) is 0.455. The largest absolute Gasteiger partial charge is 0.478 e. The molecule has 2 rings (SSSR count). The van der Waals surface area contributed by atoms with Gasteiger partial charge in [0.2, 0.25) is 10.0 Å². The van der Waals surface area contributed by atoms with Gasteiger partial charge in [-0.1, -0.05) is 127 Å². The van der Waals surface area contributed by atoms with Gasteiger partial charge < -0.3 is 14.7 Å². The number of hydrogen-bond donors (Lipinski definition) is 3. The van der Waals surface area contributed by atoms with Gasteiger partial charge >= 0.3 is 5.97 Å². The molecule has 10 heteroatoms. The lowest BCUT2D eigenvalue weighted by molar-refractivity contribution is -0.132. The fourth-order valence-electron chi connectivity index (χ4n) is 5.24. The van der Waals surface area contributed by atoms with Crippen LogP contribution in [-0.2, 0) is 19.6 Å². The Labute approximate surface area is 331 Å². The maximum atomic E-state index is 13.8. The van der Waals surface area contributed by atoms with Crippen LogP contribution in [0.3, 0.4) is 0 Å². The summed E-state index contributed by atoms with van der Waals surface area (Å²) >= 11 is 6.70. The van der Waals surface area contributed by atoms with Crippen LogP contribution in [0.5, 0.6) is 0 Å². The monoisotopic (exact) mass is 781 g/mol. The summed E-state index contributed by atoms with van der Waals surface area (Å²) in [7, 11) is -3.85. The van der Waals surface area contributed by atoms with Crippen molar-refractivity contribution in [2.45, 2.75) is 113 Å². The van der Waals surface area contributed by atoms with E-state index in [9.17, 15) is 23.7 Å². The average Bonchev–Trinajstić information content (AvgIpc) is 3.52. The van der Waals surface area contributed by atoms with Gasteiger partial charge in [0.15, 0.2) is 0 Å². The summed E-state index contributed by atoms with van der Waals surface area (Å²) in [6, 6.07) is -0.853. The lowest BCUT2D eigenvalue weighted by Crippen LogP contribution is -2.47. The van der Waals surface area contributed by atoms with E-state index in [2.05, 4.69) is 25.5 Å². The number of nitrogens with one attached hydrogen (secondary N) is 2. The molecule has 0 fully saturated rings. The minimum Gasteiger partial charge on any atom is -0.478 e. The zero-order valence-corrected chi connectivity index (χ0v) is 35.3. The molecule has 0 aromatic rings. The molecule has 0 radical (unpaired) electrons. The number of amidine groups is 1. The first kappa shape index (κ1) is 48.1. The minimum absolute atomic E-state index is 0.140. The van der Waals surface area contributed by atoms with Crippen molar-refractivity contribution in [1.82, 2.24) is 9.62 Å². The van der Waals surface area contributed by atoms with E-state index in [-0.39, 0.29) is 23.6 Å². The van der Waals surface area contributed by atoms with Crippen molar-refractivity contribution in [3.8, 4) is 0 Å². The number of carboxylic acid groups (broad SMARTS) is 1. The SMILES string of the molecule is C/C=C(/C=C/N(CCCC)C(=N)C(CC1=CC=C(OC2=CCC=C(C(=O)O)C=C2)C=CC1)NS(=O)(=O)CC(/C=C\CC)=C/CC)C(\Cl)=C/C(C)CC.CC. The summed E-state index contributed by atoms with van der Waals surface area (Å²) in [6.45, 7) is 16.7. The standard InChI is InChI=1S/C42H58ClN3O5S.C2H6/c1-7-12-17-34(16-9-3)31-52(49,50)45-40(41(44)46(27-13-8-2)28-26-35(11-5)39(43)29-32(6)10-4)30-33-18-14-20-37(24-22-33)51-38-21-15-19-36(23-25-38)42(47)48;1-2/h11-12,14,16-17,19-26,28-29,32,40,44-45H,7-10,13,15,18,27,30-31H2,1-6H3,(H,47,48);1-2H3/b17-12-,28-26+,34-16+,35-11-,39-29+,44-41?;. The molecule has 8 nitrogen and oxygen atoms in total. The number of ether oxygens (including phenoxy) is 1. The van der Waals surface area contributed by atoms with Gasteiger partial charge in [0.1, 0.15) is 17.4 Å². The van der Waals surface area contributed by atoms with Crippen LogP contribution >= 0.6 is 11.6 Å². The molecule has 0 aromatic heterocycles. The lowest BCUT2D eigenvalue weighted by Gasteiger charge is -2.29. The smallest absolute Gasteiger partial charge is 0.335 e. The van der Waals surface area contributed by atoms with Crippen LogP contribution in [0.1, 0.15) is 107 Å². The molecule has 0 heterocycles. The number of halogens is 1. The summed E-state index contributed by atoms with van der Waals surface area (Å²) in [5, 5.41) is 19.4. The van der Waals surface area contributed by atoms with Gasteiger partial charge in [0, 0.05) is 17.8 Å². The Morgan fingerprint density at radius 3 is 2.44 bits per heavy atom. The van der Waals surface area contributed by atoms with Crippen molar-refractivity contribution in [1.29, 1.82) is 5.41 Å². The Hall–Kier alpha value is -3.92. The number of sulfonamides is 1. The summed E-state index contributed by atoms with van der Waals surface area (Å²) in [6.07, 6.45) is 32.9. The third-order valence-corrected chi connectivity index (χ3v) is 10.1. The van der Waals surface area contributed by atoms with Crippen LogP contribution < -0.4 is 4.72 Å². The highest BCUT2D eigenvalue weighted by Gasteiger charge is 2.26. The number of unbranched alkanes of at least 4 members (excludes halogenated alkanes) is 1. The third-order valence-electron chi connectivity index (χ3n) is 8.38. The van der Waals surface area contributed by atoms with Crippen LogP contribution in [0, 0.1) is 11.3 Å². The molecule has 0 spiro atoms. The number of allylic oxidation sites excluding steroid dienone is 15. The highest BCUT2D eigenvalue weighted by Crippen LogP contribution is 2.24. The van der Waals surface area contributed by atoms with Gasteiger partial charge in [0.25, 0.3) is 0 Å². The molecule has 0 aliphatic heterocycles. The molecule has 2 unspecified atom stereocenters. The van der Waals surface area contributed by atoms with Crippen LogP contribution in [0.15, 0.2) is 130 Å². The van der Waals surface area contributed by atoms with E-state index in [4.69, 9.17) is 16.3 Å². The molecule has 0 amide bonds.